The van der Waals surface area contributed by atoms with E-state index in [0.29, 0.717) is 12.1 Å². The Morgan fingerprint density at radius 3 is 2.56 bits per heavy atom. The molecular weight excluding hydrogens is 319 g/mol. The van der Waals surface area contributed by atoms with Gasteiger partial charge in [-0.25, -0.2) is 4.39 Å². The molecule has 0 aromatic heterocycles. The summed E-state index contributed by atoms with van der Waals surface area (Å²) in [5.74, 6) is -0.856. The normalized spacial score (nSPS) is 17.8. The van der Waals surface area contributed by atoms with Crippen LogP contribution in [0.15, 0.2) is 42.5 Å². The number of carbonyl (C=O) groups is 2. The van der Waals surface area contributed by atoms with Gasteiger partial charge in [-0.15, -0.1) is 0 Å². The fraction of sp³-hybridized carbons (Fsp3) is 0.300. The molecule has 0 N–H and O–H groups in total. The van der Waals surface area contributed by atoms with E-state index in [9.17, 15) is 14.0 Å². The minimum absolute atomic E-state index is 0.164. The summed E-state index contributed by atoms with van der Waals surface area (Å²) in [7, 11) is 0. The summed E-state index contributed by atoms with van der Waals surface area (Å²) in [6.45, 7) is 6.07. The number of rotatable bonds is 2. The van der Waals surface area contributed by atoms with Gasteiger partial charge in [-0.3, -0.25) is 9.59 Å². The summed E-state index contributed by atoms with van der Waals surface area (Å²) in [6.07, 6.45) is 0. The molecule has 1 aliphatic rings. The third-order valence-corrected chi connectivity index (χ3v) is 4.68. The Kier molecular flexibility index (Phi) is 4.57. The monoisotopic (exact) mass is 340 g/mol. The predicted molar refractivity (Wildman–Crippen MR) is 95.2 cm³/mol. The van der Waals surface area contributed by atoms with Crippen molar-refractivity contribution < 1.29 is 14.0 Å². The highest BCUT2D eigenvalue weighted by molar-refractivity contribution is 6.04. The molecule has 0 saturated carbocycles. The van der Waals surface area contributed by atoms with Crippen LogP contribution in [-0.4, -0.2) is 35.8 Å². The number of hydrogen-bond acceptors (Lipinski definition) is 2. The van der Waals surface area contributed by atoms with E-state index in [4.69, 9.17) is 0 Å². The van der Waals surface area contributed by atoms with Gasteiger partial charge in [-0.05, 0) is 50.1 Å². The molecule has 0 bridgehead atoms. The Morgan fingerprint density at radius 2 is 1.84 bits per heavy atom. The average molecular weight is 340 g/mol. The van der Waals surface area contributed by atoms with Crippen LogP contribution in [0.1, 0.15) is 28.4 Å². The van der Waals surface area contributed by atoms with Crippen LogP contribution in [0.5, 0.6) is 0 Å². The van der Waals surface area contributed by atoms with Gasteiger partial charge in [0.1, 0.15) is 11.9 Å². The molecular formula is C20H21FN2O2. The highest BCUT2D eigenvalue weighted by atomic mass is 19.1. The Labute approximate surface area is 146 Å². The van der Waals surface area contributed by atoms with Gasteiger partial charge in [0, 0.05) is 18.7 Å². The fourth-order valence-electron chi connectivity index (χ4n) is 3.18. The minimum Gasteiger partial charge on any atom is -0.325 e. The highest BCUT2D eigenvalue weighted by Gasteiger charge is 2.36. The van der Waals surface area contributed by atoms with Crippen LogP contribution in [0.3, 0.4) is 0 Å². The Morgan fingerprint density at radius 1 is 1.12 bits per heavy atom. The van der Waals surface area contributed by atoms with Gasteiger partial charge in [0.15, 0.2) is 0 Å². The lowest BCUT2D eigenvalue weighted by atomic mass is 10.0. The van der Waals surface area contributed by atoms with Crippen molar-refractivity contribution in [1.29, 1.82) is 0 Å². The van der Waals surface area contributed by atoms with Gasteiger partial charge in [0.05, 0.1) is 5.69 Å². The molecule has 1 atom stereocenters. The number of hydrogen-bond donors (Lipinski definition) is 0. The molecule has 3 rings (SSSR count). The van der Waals surface area contributed by atoms with Crippen molar-refractivity contribution in [1.82, 2.24) is 4.90 Å². The van der Waals surface area contributed by atoms with Gasteiger partial charge < -0.3 is 9.80 Å². The first-order valence-corrected chi connectivity index (χ1v) is 8.34. The van der Waals surface area contributed by atoms with E-state index in [1.54, 1.807) is 30.0 Å². The Bertz CT molecular complexity index is 834. The molecule has 1 saturated heterocycles. The number of aryl methyl sites for hydroxylation is 2. The molecule has 4 nitrogen and oxygen atoms in total. The maximum Gasteiger partial charge on any atom is 0.254 e. The van der Waals surface area contributed by atoms with Crippen molar-refractivity contribution in [2.24, 2.45) is 0 Å². The lowest BCUT2D eigenvalue weighted by Gasteiger charge is -2.39. The molecule has 2 aromatic carbocycles. The molecule has 2 aromatic rings. The second-order valence-electron chi connectivity index (χ2n) is 6.43. The summed E-state index contributed by atoms with van der Waals surface area (Å²) in [4.78, 5) is 28.6. The van der Waals surface area contributed by atoms with Crippen molar-refractivity contribution in [3.8, 4) is 0 Å². The van der Waals surface area contributed by atoms with E-state index in [-0.39, 0.29) is 24.0 Å². The van der Waals surface area contributed by atoms with Gasteiger partial charge in [-0.2, -0.15) is 0 Å². The van der Waals surface area contributed by atoms with Crippen LogP contribution in [0.2, 0.25) is 0 Å². The number of benzene rings is 2. The lowest BCUT2D eigenvalue weighted by molar-refractivity contribution is -0.124. The summed E-state index contributed by atoms with van der Waals surface area (Å²) in [5.41, 5.74) is 2.63. The first-order chi connectivity index (χ1) is 11.9. The predicted octanol–water partition coefficient (Wildman–Crippen LogP) is 3.32. The van der Waals surface area contributed by atoms with E-state index >= 15 is 0 Å². The van der Waals surface area contributed by atoms with Crippen LogP contribution in [-0.2, 0) is 4.79 Å². The number of nitrogens with zero attached hydrogens (tertiary/aromatic N) is 2. The van der Waals surface area contributed by atoms with Gasteiger partial charge in [0.2, 0.25) is 5.91 Å². The van der Waals surface area contributed by atoms with Crippen molar-refractivity contribution in [2.45, 2.75) is 26.8 Å². The zero-order valence-corrected chi connectivity index (χ0v) is 14.6. The second kappa shape index (κ2) is 6.67. The van der Waals surface area contributed by atoms with Crippen LogP contribution in [0.25, 0.3) is 0 Å². The maximum absolute atomic E-state index is 14.2. The second-order valence-corrected chi connectivity index (χ2v) is 6.43. The zero-order chi connectivity index (χ0) is 18.1. The molecule has 0 aliphatic carbocycles. The van der Waals surface area contributed by atoms with Crippen LogP contribution >= 0.6 is 0 Å². The van der Waals surface area contributed by atoms with Gasteiger partial charge >= 0.3 is 0 Å². The quantitative estimate of drug-likeness (QED) is 0.841. The van der Waals surface area contributed by atoms with E-state index in [0.717, 1.165) is 11.1 Å². The molecule has 130 valence electrons. The molecule has 5 heteroatoms. The zero-order valence-electron chi connectivity index (χ0n) is 14.6. The van der Waals surface area contributed by atoms with Crippen molar-refractivity contribution >= 4 is 17.5 Å². The number of amides is 2. The molecule has 2 amide bonds. The van der Waals surface area contributed by atoms with Gasteiger partial charge in [-0.1, -0.05) is 24.3 Å². The minimum atomic E-state index is -0.638. The third-order valence-electron chi connectivity index (χ3n) is 4.68. The molecule has 0 radical (unpaired) electrons. The number of carbonyl (C=O) groups excluding carboxylic acids is 2. The lowest BCUT2D eigenvalue weighted by Crippen LogP contribution is -2.58. The molecule has 1 fully saturated rings. The molecule has 1 unspecified atom stereocenters. The van der Waals surface area contributed by atoms with E-state index < -0.39 is 11.9 Å². The van der Waals surface area contributed by atoms with E-state index in [1.165, 1.54) is 11.0 Å². The number of halogens is 1. The average Bonchev–Trinajstić information content (AvgIpc) is 2.59. The van der Waals surface area contributed by atoms with Crippen LogP contribution in [0.4, 0.5) is 10.1 Å². The Balaban J connectivity index is 1.86. The first-order valence-electron chi connectivity index (χ1n) is 8.34. The summed E-state index contributed by atoms with van der Waals surface area (Å²) < 4.78 is 14.2. The Hall–Kier alpha value is -2.69. The third kappa shape index (κ3) is 3.14. The molecule has 0 spiro atoms. The smallest absolute Gasteiger partial charge is 0.254 e. The maximum atomic E-state index is 14.2. The topological polar surface area (TPSA) is 40.6 Å². The van der Waals surface area contributed by atoms with Crippen LogP contribution in [0, 0.1) is 19.7 Å². The summed E-state index contributed by atoms with van der Waals surface area (Å²) >= 11 is 0. The largest absolute Gasteiger partial charge is 0.325 e. The molecule has 1 heterocycles. The van der Waals surface area contributed by atoms with E-state index in [1.807, 2.05) is 32.0 Å². The van der Waals surface area contributed by atoms with Crippen molar-refractivity contribution in [2.75, 3.05) is 18.0 Å². The standard InChI is InChI=1S/C20H21FN2O2/c1-13-8-9-17(21)18(12-13)23-11-10-22(15(3)19(23)24)20(25)16-7-5-4-6-14(16)2/h4-9,12,15H,10-11H2,1-3H3. The van der Waals surface area contributed by atoms with Crippen molar-refractivity contribution in [3.63, 3.8) is 0 Å². The van der Waals surface area contributed by atoms with Crippen LogP contribution < -0.4 is 4.90 Å². The SMILES string of the molecule is Cc1ccc(F)c(N2CCN(C(=O)c3ccccc3C)C(C)C2=O)c1. The summed E-state index contributed by atoms with van der Waals surface area (Å²) in [6, 6.07) is 11.4. The van der Waals surface area contributed by atoms with E-state index in [2.05, 4.69) is 0 Å². The summed E-state index contributed by atoms with van der Waals surface area (Å²) in [5, 5.41) is 0. The first kappa shape index (κ1) is 17.1. The highest BCUT2D eigenvalue weighted by Crippen LogP contribution is 2.26. The number of piperazine rings is 1. The number of anilines is 1. The molecule has 1 aliphatic heterocycles. The molecule has 25 heavy (non-hydrogen) atoms. The van der Waals surface area contributed by atoms with Crippen molar-refractivity contribution in [3.05, 3.63) is 65.0 Å². The fourth-order valence-corrected chi connectivity index (χ4v) is 3.18. The van der Waals surface area contributed by atoms with Gasteiger partial charge in [0.25, 0.3) is 5.91 Å².